The summed E-state index contributed by atoms with van der Waals surface area (Å²) in [6.45, 7) is 6.78. The molecule has 19 heavy (non-hydrogen) atoms. The van der Waals surface area contributed by atoms with Gasteiger partial charge in [0.1, 0.15) is 6.04 Å². The van der Waals surface area contributed by atoms with Crippen LogP contribution >= 0.6 is 0 Å². The Bertz CT molecular complexity index is 258. The molecule has 2 unspecified atom stereocenters. The average Bonchev–Trinajstić information content (AvgIpc) is 2.79. The highest BCUT2D eigenvalue weighted by atomic mass is 16.5. The van der Waals surface area contributed by atoms with Crippen LogP contribution in [0.5, 0.6) is 0 Å². The molecule has 0 saturated carbocycles. The number of carbonyl (C=O) groups is 1. The molecule has 1 fully saturated rings. The zero-order chi connectivity index (χ0) is 14.1. The monoisotopic (exact) mass is 271 g/mol. The van der Waals surface area contributed by atoms with Gasteiger partial charge in [-0.2, -0.15) is 0 Å². The standard InChI is InChI=1S/C15H29NO3/c1-3-5-7-9-16-12-13(11-14(16)15(17)18)19-10-8-6-4-2/h13-14H,3-12H2,1-2H3,(H,17,18). The summed E-state index contributed by atoms with van der Waals surface area (Å²) in [7, 11) is 0. The molecule has 0 radical (unpaired) electrons. The van der Waals surface area contributed by atoms with Crippen molar-refractivity contribution in [1.82, 2.24) is 4.90 Å². The molecule has 1 N–H and O–H groups in total. The maximum absolute atomic E-state index is 11.3. The molecule has 4 nitrogen and oxygen atoms in total. The van der Waals surface area contributed by atoms with Crippen LogP contribution < -0.4 is 0 Å². The third kappa shape index (κ3) is 5.91. The van der Waals surface area contributed by atoms with E-state index in [1.165, 1.54) is 25.7 Å². The van der Waals surface area contributed by atoms with Crippen LogP contribution in [0, 0.1) is 0 Å². The SMILES string of the molecule is CCCCCOC1CC(C(=O)O)N(CCCCC)C1. The molecular formula is C15H29NO3. The van der Waals surface area contributed by atoms with Gasteiger partial charge in [-0.05, 0) is 19.4 Å². The summed E-state index contributed by atoms with van der Waals surface area (Å²) in [5.41, 5.74) is 0. The lowest BCUT2D eigenvalue weighted by molar-refractivity contribution is -0.142. The number of unbranched alkanes of at least 4 members (excludes halogenated alkanes) is 4. The number of carboxylic acid groups (broad SMARTS) is 1. The first-order chi connectivity index (χ1) is 9.19. The predicted octanol–water partition coefficient (Wildman–Crippen LogP) is 2.91. The molecule has 0 aromatic rings. The smallest absolute Gasteiger partial charge is 0.321 e. The summed E-state index contributed by atoms with van der Waals surface area (Å²) in [4.78, 5) is 13.4. The first-order valence-electron chi connectivity index (χ1n) is 7.77. The molecule has 1 aliphatic heterocycles. The maximum atomic E-state index is 11.3. The Morgan fingerprint density at radius 1 is 1.21 bits per heavy atom. The van der Waals surface area contributed by atoms with E-state index >= 15 is 0 Å². The molecule has 0 aromatic heterocycles. The van der Waals surface area contributed by atoms with Gasteiger partial charge in [0.2, 0.25) is 0 Å². The van der Waals surface area contributed by atoms with E-state index in [0.717, 1.165) is 32.5 Å². The maximum Gasteiger partial charge on any atom is 0.321 e. The van der Waals surface area contributed by atoms with Gasteiger partial charge >= 0.3 is 5.97 Å². The van der Waals surface area contributed by atoms with E-state index in [1.807, 2.05) is 0 Å². The predicted molar refractivity (Wildman–Crippen MR) is 76.4 cm³/mol. The lowest BCUT2D eigenvalue weighted by Gasteiger charge is -2.20. The quantitative estimate of drug-likeness (QED) is 0.621. The fourth-order valence-corrected chi connectivity index (χ4v) is 2.65. The number of ether oxygens (including phenoxy) is 1. The summed E-state index contributed by atoms with van der Waals surface area (Å²) in [5, 5.41) is 9.27. The fourth-order valence-electron chi connectivity index (χ4n) is 2.65. The second-order valence-corrected chi connectivity index (χ2v) is 5.49. The van der Waals surface area contributed by atoms with Gasteiger partial charge in [-0.3, -0.25) is 9.69 Å². The normalized spacial score (nSPS) is 23.9. The first-order valence-corrected chi connectivity index (χ1v) is 7.77. The molecule has 0 aromatic carbocycles. The number of hydrogen-bond acceptors (Lipinski definition) is 3. The van der Waals surface area contributed by atoms with Crippen LogP contribution in [0.1, 0.15) is 58.8 Å². The van der Waals surface area contributed by atoms with Gasteiger partial charge in [0, 0.05) is 19.6 Å². The summed E-state index contributed by atoms with van der Waals surface area (Å²) in [6.07, 6.45) is 7.65. The highest BCUT2D eigenvalue weighted by Crippen LogP contribution is 2.21. The molecule has 0 bridgehead atoms. The molecule has 1 rings (SSSR count). The number of aliphatic carboxylic acids is 1. The van der Waals surface area contributed by atoms with Gasteiger partial charge in [-0.1, -0.05) is 39.5 Å². The first kappa shape index (κ1) is 16.4. The summed E-state index contributed by atoms with van der Waals surface area (Å²) >= 11 is 0. The number of rotatable bonds is 10. The minimum absolute atomic E-state index is 0.111. The summed E-state index contributed by atoms with van der Waals surface area (Å²) < 4.78 is 5.82. The van der Waals surface area contributed by atoms with Crippen molar-refractivity contribution in [2.45, 2.75) is 70.9 Å². The number of hydrogen-bond donors (Lipinski definition) is 1. The van der Waals surface area contributed by atoms with Gasteiger partial charge in [-0.25, -0.2) is 0 Å². The van der Waals surface area contributed by atoms with Crippen molar-refractivity contribution in [1.29, 1.82) is 0 Å². The van der Waals surface area contributed by atoms with Crippen molar-refractivity contribution < 1.29 is 14.6 Å². The van der Waals surface area contributed by atoms with Crippen LogP contribution in [0.3, 0.4) is 0 Å². The van der Waals surface area contributed by atoms with Gasteiger partial charge in [0.05, 0.1) is 6.10 Å². The summed E-state index contributed by atoms with van der Waals surface area (Å²) in [6, 6.07) is -0.340. The highest BCUT2D eigenvalue weighted by Gasteiger charge is 2.36. The number of carboxylic acids is 1. The highest BCUT2D eigenvalue weighted by molar-refractivity contribution is 5.74. The molecule has 1 saturated heterocycles. The van der Waals surface area contributed by atoms with Crippen molar-refractivity contribution in [3.63, 3.8) is 0 Å². The molecular weight excluding hydrogens is 242 g/mol. The lowest BCUT2D eigenvalue weighted by Crippen LogP contribution is -2.36. The number of likely N-dealkylation sites (tertiary alicyclic amines) is 1. The molecule has 112 valence electrons. The van der Waals surface area contributed by atoms with E-state index in [9.17, 15) is 9.90 Å². The van der Waals surface area contributed by atoms with Gasteiger partial charge in [0.25, 0.3) is 0 Å². The average molecular weight is 271 g/mol. The topological polar surface area (TPSA) is 49.8 Å². The van der Waals surface area contributed by atoms with Crippen molar-refractivity contribution in [3.05, 3.63) is 0 Å². The second-order valence-electron chi connectivity index (χ2n) is 5.49. The molecule has 0 spiro atoms. The second kappa shape index (κ2) is 9.32. The lowest BCUT2D eigenvalue weighted by atomic mass is 10.2. The van der Waals surface area contributed by atoms with Crippen molar-refractivity contribution in [2.24, 2.45) is 0 Å². The Labute approximate surface area is 117 Å². The summed E-state index contributed by atoms with van der Waals surface area (Å²) in [5.74, 6) is -0.698. The van der Waals surface area contributed by atoms with Crippen LogP contribution in [-0.2, 0) is 9.53 Å². The van der Waals surface area contributed by atoms with Crippen molar-refractivity contribution >= 4 is 5.97 Å². The zero-order valence-corrected chi connectivity index (χ0v) is 12.4. The van der Waals surface area contributed by atoms with E-state index in [0.29, 0.717) is 6.42 Å². The van der Waals surface area contributed by atoms with Gasteiger partial charge < -0.3 is 9.84 Å². The van der Waals surface area contributed by atoms with Crippen LogP contribution in [0.2, 0.25) is 0 Å². The van der Waals surface area contributed by atoms with Gasteiger partial charge in [-0.15, -0.1) is 0 Å². The van der Waals surface area contributed by atoms with Gasteiger partial charge in [0.15, 0.2) is 0 Å². The third-order valence-electron chi connectivity index (χ3n) is 3.80. The van der Waals surface area contributed by atoms with Crippen molar-refractivity contribution in [3.8, 4) is 0 Å². The molecule has 0 aliphatic carbocycles. The molecule has 1 heterocycles. The Balaban J connectivity index is 2.32. The van der Waals surface area contributed by atoms with E-state index in [4.69, 9.17) is 4.74 Å². The zero-order valence-electron chi connectivity index (χ0n) is 12.4. The third-order valence-corrected chi connectivity index (χ3v) is 3.80. The van der Waals surface area contributed by atoms with Crippen LogP contribution in [0.25, 0.3) is 0 Å². The van der Waals surface area contributed by atoms with E-state index in [1.54, 1.807) is 0 Å². The Hall–Kier alpha value is -0.610. The van der Waals surface area contributed by atoms with Crippen LogP contribution in [0.4, 0.5) is 0 Å². The fraction of sp³-hybridized carbons (Fsp3) is 0.933. The number of nitrogens with zero attached hydrogens (tertiary/aromatic N) is 1. The van der Waals surface area contributed by atoms with E-state index in [-0.39, 0.29) is 12.1 Å². The van der Waals surface area contributed by atoms with E-state index in [2.05, 4.69) is 18.7 Å². The minimum Gasteiger partial charge on any atom is -0.480 e. The Kier molecular flexibility index (Phi) is 8.07. The van der Waals surface area contributed by atoms with E-state index < -0.39 is 5.97 Å². The Morgan fingerprint density at radius 2 is 1.89 bits per heavy atom. The largest absolute Gasteiger partial charge is 0.480 e. The molecule has 4 heteroatoms. The molecule has 1 aliphatic rings. The Morgan fingerprint density at radius 3 is 2.53 bits per heavy atom. The van der Waals surface area contributed by atoms with Crippen molar-refractivity contribution in [2.75, 3.05) is 19.7 Å². The minimum atomic E-state index is -0.698. The van der Waals surface area contributed by atoms with Crippen LogP contribution in [-0.4, -0.2) is 47.8 Å². The van der Waals surface area contributed by atoms with Crippen LogP contribution in [0.15, 0.2) is 0 Å². The molecule has 2 atom stereocenters. The molecule has 0 amide bonds.